The Kier molecular flexibility index (Phi) is 5.21. The predicted molar refractivity (Wildman–Crippen MR) is 92.2 cm³/mol. The van der Waals surface area contributed by atoms with Crippen molar-refractivity contribution in [2.75, 3.05) is 31.6 Å². The molecule has 1 aliphatic heterocycles. The summed E-state index contributed by atoms with van der Waals surface area (Å²) in [5, 5.41) is 5.60. The van der Waals surface area contributed by atoms with Crippen LogP contribution in [0.1, 0.15) is 19.3 Å². The minimum Gasteiger partial charge on any atom is -0.495 e. The molecule has 1 aromatic rings. The van der Waals surface area contributed by atoms with Crippen molar-refractivity contribution in [2.24, 2.45) is 11.8 Å². The number of methoxy groups -OCH3 is 1. The molecule has 0 spiro atoms. The summed E-state index contributed by atoms with van der Waals surface area (Å²) in [7, 11) is 1.56. The first-order chi connectivity index (χ1) is 12.1. The molecule has 0 radical (unpaired) electrons. The van der Waals surface area contributed by atoms with Gasteiger partial charge in [0.25, 0.3) is 0 Å². The minimum absolute atomic E-state index is 0.0626. The monoisotopic (exact) mass is 345 g/mol. The fourth-order valence-electron chi connectivity index (χ4n) is 2.97. The van der Waals surface area contributed by atoms with E-state index in [1.54, 1.807) is 18.1 Å². The molecule has 1 atom stereocenters. The quantitative estimate of drug-likeness (QED) is 0.712. The molecule has 25 heavy (non-hydrogen) atoms. The van der Waals surface area contributed by atoms with Crippen molar-refractivity contribution < 1.29 is 19.1 Å². The first-order valence-electron chi connectivity index (χ1n) is 8.59. The first kappa shape index (κ1) is 17.3. The Bertz CT molecular complexity index is 672. The fraction of sp³-hybridized carbons (Fsp3) is 0.500. The highest BCUT2D eigenvalue weighted by molar-refractivity contribution is 6.01. The Labute approximate surface area is 146 Å². The smallest absolute Gasteiger partial charge is 0.227 e. The van der Waals surface area contributed by atoms with Gasteiger partial charge in [0.1, 0.15) is 5.75 Å². The van der Waals surface area contributed by atoms with E-state index in [1.165, 1.54) is 0 Å². The van der Waals surface area contributed by atoms with Gasteiger partial charge in [-0.3, -0.25) is 14.4 Å². The van der Waals surface area contributed by atoms with Crippen LogP contribution in [0.15, 0.2) is 24.3 Å². The lowest BCUT2D eigenvalue weighted by Crippen LogP contribution is -2.38. The number of rotatable bonds is 7. The second-order valence-corrected chi connectivity index (χ2v) is 6.43. The summed E-state index contributed by atoms with van der Waals surface area (Å²) in [5.41, 5.74) is 0.682. The maximum Gasteiger partial charge on any atom is 0.227 e. The van der Waals surface area contributed by atoms with Gasteiger partial charge in [-0.2, -0.15) is 0 Å². The van der Waals surface area contributed by atoms with Crippen LogP contribution in [0.4, 0.5) is 5.69 Å². The molecule has 1 aromatic carbocycles. The van der Waals surface area contributed by atoms with Crippen LogP contribution < -0.4 is 20.3 Å². The predicted octanol–water partition coefficient (Wildman–Crippen LogP) is 0.690. The zero-order valence-corrected chi connectivity index (χ0v) is 14.3. The molecule has 2 N–H and O–H groups in total. The van der Waals surface area contributed by atoms with Gasteiger partial charge in [0.15, 0.2) is 0 Å². The van der Waals surface area contributed by atoms with Crippen LogP contribution in [-0.4, -0.2) is 44.5 Å². The lowest BCUT2D eigenvalue weighted by molar-refractivity contribution is -0.126. The molecule has 3 amide bonds. The maximum atomic E-state index is 12.3. The van der Waals surface area contributed by atoms with E-state index in [-0.39, 0.29) is 30.1 Å². The Morgan fingerprint density at radius 1 is 1.12 bits per heavy atom. The number of amides is 3. The summed E-state index contributed by atoms with van der Waals surface area (Å²) in [6.07, 6.45) is 2.10. The Morgan fingerprint density at radius 3 is 2.40 bits per heavy atom. The molecule has 2 fully saturated rings. The molecule has 7 heteroatoms. The summed E-state index contributed by atoms with van der Waals surface area (Å²) in [4.78, 5) is 37.7. The van der Waals surface area contributed by atoms with E-state index in [1.807, 2.05) is 18.2 Å². The molecule has 7 nitrogen and oxygen atoms in total. The summed E-state index contributed by atoms with van der Waals surface area (Å²) in [6.45, 7) is 1.12. The molecule has 2 aliphatic rings. The number of carbonyl (C=O) groups excluding carboxylic acids is 3. The van der Waals surface area contributed by atoms with Crippen LogP contribution in [0, 0.1) is 11.8 Å². The third-order valence-electron chi connectivity index (χ3n) is 4.54. The van der Waals surface area contributed by atoms with Gasteiger partial charge in [-0.05, 0) is 25.0 Å². The topological polar surface area (TPSA) is 87.7 Å². The van der Waals surface area contributed by atoms with E-state index in [0.29, 0.717) is 31.1 Å². The van der Waals surface area contributed by atoms with Crippen molar-refractivity contribution in [3.05, 3.63) is 24.3 Å². The molecule has 0 aromatic heterocycles. The van der Waals surface area contributed by atoms with Gasteiger partial charge >= 0.3 is 0 Å². The average Bonchev–Trinajstić information content (AvgIpc) is 3.40. The third kappa shape index (κ3) is 4.10. The summed E-state index contributed by atoms with van der Waals surface area (Å²) < 4.78 is 5.29. The Hall–Kier alpha value is -2.57. The van der Waals surface area contributed by atoms with E-state index in [0.717, 1.165) is 12.8 Å². The van der Waals surface area contributed by atoms with Gasteiger partial charge in [0, 0.05) is 32.0 Å². The SMILES string of the molecule is COc1ccccc1N1C[C@H](C(=O)NCCNC(=O)C2CC2)CC1=O. The second-order valence-electron chi connectivity index (χ2n) is 6.43. The number of nitrogens with zero attached hydrogens (tertiary/aromatic N) is 1. The van der Waals surface area contributed by atoms with E-state index >= 15 is 0 Å². The van der Waals surface area contributed by atoms with Crippen LogP contribution in [-0.2, 0) is 14.4 Å². The summed E-state index contributed by atoms with van der Waals surface area (Å²) >= 11 is 0. The minimum atomic E-state index is -0.392. The van der Waals surface area contributed by atoms with Crippen molar-refractivity contribution >= 4 is 23.4 Å². The number of carbonyl (C=O) groups is 3. The summed E-state index contributed by atoms with van der Waals surface area (Å²) in [5.74, 6) is 0.194. The molecule has 0 unspecified atom stereocenters. The standard InChI is InChI=1S/C18H23N3O4/c1-25-15-5-3-2-4-14(15)21-11-13(10-16(21)22)18(24)20-9-8-19-17(23)12-6-7-12/h2-5,12-13H,6-11H2,1H3,(H,19,23)(H,20,24)/t13-/m1/s1. The number of benzene rings is 1. The van der Waals surface area contributed by atoms with E-state index < -0.39 is 5.92 Å². The van der Waals surface area contributed by atoms with Crippen molar-refractivity contribution in [2.45, 2.75) is 19.3 Å². The van der Waals surface area contributed by atoms with Gasteiger partial charge < -0.3 is 20.3 Å². The molecule has 1 heterocycles. The molecule has 0 bridgehead atoms. The van der Waals surface area contributed by atoms with Crippen molar-refractivity contribution in [1.29, 1.82) is 0 Å². The van der Waals surface area contributed by atoms with Gasteiger partial charge in [-0.1, -0.05) is 12.1 Å². The number of para-hydroxylation sites is 2. The van der Waals surface area contributed by atoms with Crippen LogP contribution in [0.3, 0.4) is 0 Å². The molecular weight excluding hydrogens is 322 g/mol. The second kappa shape index (κ2) is 7.55. The first-order valence-corrected chi connectivity index (χ1v) is 8.59. The van der Waals surface area contributed by atoms with Crippen molar-refractivity contribution in [3.63, 3.8) is 0 Å². The zero-order valence-electron chi connectivity index (χ0n) is 14.3. The third-order valence-corrected chi connectivity index (χ3v) is 4.54. The maximum absolute atomic E-state index is 12.3. The van der Waals surface area contributed by atoms with Crippen LogP contribution in [0.5, 0.6) is 5.75 Å². The van der Waals surface area contributed by atoms with E-state index in [4.69, 9.17) is 4.74 Å². The van der Waals surface area contributed by atoms with Gasteiger partial charge in [0.2, 0.25) is 17.7 Å². The van der Waals surface area contributed by atoms with Crippen LogP contribution in [0.25, 0.3) is 0 Å². The van der Waals surface area contributed by atoms with E-state index in [2.05, 4.69) is 10.6 Å². The van der Waals surface area contributed by atoms with E-state index in [9.17, 15) is 14.4 Å². The molecule has 3 rings (SSSR count). The zero-order chi connectivity index (χ0) is 17.8. The number of ether oxygens (including phenoxy) is 1. The number of anilines is 1. The van der Waals surface area contributed by atoms with Gasteiger partial charge in [-0.15, -0.1) is 0 Å². The van der Waals surface area contributed by atoms with Crippen LogP contribution >= 0.6 is 0 Å². The number of hydrogen-bond acceptors (Lipinski definition) is 4. The summed E-state index contributed by atoms with van der Waals surface area (Å²) in [6, 6.07) is 7.27. The molecule has 134 valence electrons. The normalized spacial score (nSPS) is 19.6. The number of nitrogens with one attached hydrogen (secondary N) is 2. The van der Waals surface area contributed by atoms with Crippen LogP contribution in [0.2, 0.25) is 0 Å². The largest absolute Gasteiger partial charge is 0.495 e. The fourth-order valence-corrected chi connectivity index (χ4v) is 2.97. The highest BCUT2D eigenvalue weighted by atomic mass is 16.5. The lowest BCUT2D eigenvalue weighted by Gasteiger charge is -2.19. The van der Waals surface area contributed by atoms with Gasteiger partial charge in [0.05, 0.1) is 18.7 Å². The highest BCUT2D eigenvalue weighted by Crippen LogP contribution is 2.32. The lowest BCUT2D eigenvalue weighted by atomic mass is 10.1. The Balaban J connectivity index is 1.49. The molecule has 1 aliphatic carbocycles. The van der Waals surface area contributed by atoms with Crippen molar-refractivity contribution in [1.82, 2.24) is 10.6 Å². The van der Waals surface area contributed by atoms with Gasteiger partial charge in [-0.25, -0.2) is 0 Å². The van der Waals surface area contributed by atoms with Crippen molar-refractivity contribution in [3.8, 4) is 5.75 Å². The Morgan fingerprint density at radius 2 is 1.76 bits per heavy atom. The molecule has 1 saturated carbocycles. The highest BCUT2D eigenvalue weighted by Gasteiger charge is 2.36. The number of hydrogen-bond donors (Lipinski definition) is 2. The average molecular weight is 345 g/mol. The molecule has 1 saturated heterocycles. The molecular formula is C18H23N3O4.